The molecule has 2 amide bonds. The minimum Gasteiger partial charge on any atom is -0.480 e. The van der Waals surface area contributed by atoms with E-state index < -0.39 is 28.3 Å². The van der Waals surface area contributed by atoms with Crippen molar-refractivity contribution in [2.45, 2.75) is 36.6 Å². The molecule has 1 fully saturated rings. The number of benzene rings is 2. The lowest BCUT2D eigenvalue weighted by atomic mass is 10.1. The maximum atomic E-state index is 13.2. The van der Waals surface area contributed by atoms with Crippen LogP contribution in [0, 0.1) is 17.0 Å². The number of carboxylic acids is 1. The zero-order chi connectivity index (χ0) is 24.4. The highest BCUT2D eigenvalue weighted by Gasteiger charge is 2.46. The van der Waals surface area contributed by atoms with Gasteiger partial charge in [-0.15, -0.1) is 11.8 Å². The van der Waals surface area contributed by atoms with Crippen LogP contribution >= 0.6 is 11.8 Å². The first kappa shape index (κ1) is 23.3. The molecule has 0 spiro atoms. The number of nitro groups is 1. The summed E-state index contributed by atoms with van der Waals surface area (Å²) in [5, 5.41) is 22.2. The van der Waals surface area contributed by atoms with Gasteiger partial charge < -0.3 is 15.2 Å². The SMILES string of the molecule is Cc1cccc(OC(Cc2ccc([N+](=O)[O-])cc2)C(=O)NC2C=C(C(=O)O)N3C(=O)C[C@H]3S2)c1. The molecule has 2 N–H and O–H groups in total. The standard InChI is InChI=1S/C23H21N3O7S/c1-13-3-2-4-16(9-13)33-18(10-14-5-7-15(8-6-14)26(31)32)22(28)24-19-11-17(23(29)30)25-20(27)12-21(25)34-19/h2-9,11,18-19,21H,10,12H2,1H3,(H,24,28)(H,29,30)/t18?,19?,21-/m1/s1. The molecule has 2 heterocycles. The number of aliphatic carboxylic acids is 1. The molecule has 0 aliphatic carbocycles. The lowest BCUT2D eigenvalue weighted by Crippen LogP contribution is -2.56. The number of carboxylic acid groups (broad SMARTS) is 1. The fraction of sp³-hybridized carbons (Fsp3) is 0.261. The molecule has 0 aromatic heterocycles. The number of ether oxygens (including phenoxy) is 1. The van der Waals surface area contributed by atoms with Gasteiger partial charge in [0.15, 0.2) is 6.10 Å². The molecule has 11 heteroatoms. The van der Waals surface area contributed by atoms with E-state index in [1.807, 2.05) is 13.0 Å². The van der Waals surface area contributed by atoms with Crippen molar-refractivity contribution in [1.82, 2.24) is 10.2 Å². The van der Waals surface area contributed by atoms with Gasteiger partial charge >= 0.3 is 5.97 Å². The first-order chi connectivity index (χ1) is 16.2. The Morgan fingerprint density at radius 1 is 1.29 bits per heavy atom. The molecular weight excluding hydrogens is 462 g/mol. The third-order valence-electron chi connectivity index (χ3n) is 5.41. The number of rotatable bonds is 8. The molecule has 2 aliphatic rings. The van der Waals surface area contributed by atoms with Crippen LogP contribution in [0.3, 0.4) is 0 Å². The number of nitrogens with zero attached hydrogens (tertiary/aromatic N) is 2. The van der Waals surface area contributed by atoms with Gasteiger partial charge in [0.2, 0.25) is 5.91 Å². The average Bonchev–Trinajstić information content (AvgIpc) is 2.78. The van der Waals surface area contributed by atoms with Crippen molar-refractivity contribution in [3.63, 3.8) is 0 Å². The van der Waals surface area contributed by atoms with Gasteiger partial charge in [-0.3, -0.25) is 24.6 Å². The molecule has 10 nitrogen and oxygen atoms in total. The summed E-state index contributed by atoms with van der Waals surface area (Å²) in [7, 11) is 0. The molecule has 2 aromatic rings. The summed E-state index contributed by atoms with van der Waals surface area (Å²) in [6.07, 6.45) is 0.701. The van der Waals surface area contributed by atoms with Crippen molar-refractivity contribution >= 4 is 35.2 Å². The lowest BCUT2D eigenvalue weighted by molar-refractivity contribution is -0.384. The highest BCUT2D eigenvalue weighted by atomic mass is 32.2. The van der Waals surface area contributed by atoms with Crippen molar-refractivity contribution in [2.24, 2.45) is 0 Å². The van der Waals surface area contributed by atoms with Crippen LogP contribution in [0.4, 0.5) is 5.69 Å². The fourth-order valence-corrected chi connectivity index (χ4v) is 5.03. The quantitative estimate of drug-likeness (QED) is 0.332. The van der Waals surface area contributed by atoms with Crippen LogP contribution in [0.2, 0.25) is 0 Å². The maximum absolute atomic E-state index is 13.2. The molecule has 3 atom stereocenters. The van der Waals surface area contributed by atoms with E-state index in [2.05, 4.69) is 5.32 Å². The van der Waals surface area contributed by atoms with E-state index in [0.717, 1.165) is 5.56 Å². The van der Waals surface area contributed by atoms with Crippen molar-refractivity contribution in [2.75, 3.05) is 0 Å². The number of hydrogen-bond acceptors (Lipinski definition) is 7. The van der Waals surface area contributed by atoms with Gasteiger partial charge in [-0.05, 0) is 36.3 Å². The van der Waals surface area contributed by atoms with E-state index >= 15 is 0 Å². The Hall–Kier alpha value is -3.86. The number of nitrogens with one attached hydrogen (secondary N) is 1. The summed E-state index contributed by atoms with van der Waals surface area (Å²) in [6.45, 7) is 1.89. The second-order valence-electron chi connectivity index (χ2n) is 7.90. The lowest BCUT2D eigenvalue weighted by Gasteiger charge is -2.44. The third kappa shape index (κ3) is 5.04. The summed E-state index contributed by atoms with van der Waals surface area (Å²) < 4.78 is 5.98. The van der Waals surface area contributed by atoms with Crippen LogP contribution < -0.4 is 10.1 Å². The Kier molecular flexibility index (Phi) is 6.55. The highest BCUT2D eigenvalue weighted by molar-refractivity contribution is 8.00. The van der Waals surface area contributed by atoms with E-state index in [4.69, 9.17) is 4.74 Å². The number of carbonyl (C=O) groups excluding carboxylic acids is 2. The predicted molar refractivity (Wildman–Crippen MR) is 123 cm³/mol. The summed E-state index contributed by atoms with van der Waals surface area (Å²) in [4.78, 5) is 48.2. The van der Waals surface area contributed by atoms with Crippen molar-refractivity contribution < 1.29 is 29.2 Å². The molecule has 1 saturated heterocycles. The molecule has 0 bridgehead atoms. The van der Waals surface area contributed by atoms with Gasteiger partial charge in [0.25, 0.3) is 11.6 Å². The summed E-state index contributed by atoms with van der Waals surface area (Å²) in [5.74, 6) is -1.50. The fourth-order valence-electron chi connectivity index (χ4n) is 3.71. The van der Waals surface area contributed by atoms with Crippen LogP contribution in [0.25, 0.3) is 0 Å². The topological polar surface area (TPSA) is 139 Å². The monoisotopic (exact) mass is 483 g/mol. The number of thioether (sulfide) groups is 1. The number of fused-ring (bicyclic) bond motifs is 1. The van der Waals surface area contributed by atoms with Gasteiger partial charge in [-0.2, -0.15) is 0 Å². The molecular formula is C23H21N3O7S. The minimum absolute atomic E-state index is 0.0612. The van der Waals surface area contributed by atoms with Crippen LogP contribution in [0.1, 0.15) is 17.5 Å². The Morgan fingerprint density at radius 3 is 2.65 bits per heavy atom. The van der Waals surface area contributed by atoms with Crippen LogP contribution in [0.15, 0.2) is 60.3 Å². The van der Waals surface area contributed by atoms with Crippen LogP contribution in [-0.4, -0.2) is 49.6 Å². The zero-order valence-electron chi connectivity index (χ0n) is 18.0. The minimum atomic E-state index is -1.24. The first-order valence-electron chi connectivity index (χ1n) is 10.4. The third-order valence-corrected chi connectivity index (χ3v) is 6.65. The van der Waals surface area contributed by atoms with E-state index in [9.17, 15) is 29.6 Å². The Morgan fingerprint density at radius 2 is 2.03 bits per heavy atom. The van der Waals surface area contributed by atoms with Crippen molar-refractivity contribution in [1.29, 1.82) is 0 Å². The number of hydrogen-bond donors (Lipinski definition) is 2. The number of amides is 2. The number of carbonyl (C=O) groups is 3. The zero-order valence-corrected chi connectivity index (χ0v) is 18.9. The number of non-ortho nitro benzene ring substituents is 1. The molecule has 0 radical (unpaired) electrons. The number of aryl methyl sites for hydroxylation is 1. The normalized spacial score (nSPS) is 19.9. The van der Waals surface area contributed by atoms with Crippen LogP contribution in [-0.2, 0) is 20.8 Å². The smallest absolute Gasteiger partial charge is 0.352 e. The Bertz CT molecular complexity index is 1180. The Labute approximate surface area is 198 Å². The van der Waals surface area contributed by atoms with Gasteiger partial charge in [0.1, 0.15) is 11.4 Å². The molecule has 176 valence electrons. The molecule has 2 aliphatic heterocycles. The summed E-state index contributed by atoms with van der Waals surface area (Å²) in [5.41, 5.74) is 1.39. The molecule has 2 unspecified atom stereocenters. The highest BCUT2D eigenvalue weighted by Crippen LogP contribution is 2.39. The molecule has 34 heavy (non-hydrogen) atoms. The van der Waals surface area contributed by atoms with E-state index in [1.165, 1.54) is 34.9 Å². The summed E-state index contributed by atoms with van der Waals surface area (Å²) >= 11 is 1.28. The molecule has 2 aromatic carbocycles. The van der Waals surface area contributed by atoms with E-state index in [1.54, 1.807) is 30.3 Å². The second-order valence-corrected chi connectivity index (χ2v) is 9.22. The maximum Gasteiger partial charge on any atom is 0.352 e. The molecule has 0 saturated carbocycles. The van der Waals surface area contributed by atoms with E-state index in [-0.39, 0.29) is 35.5 Å². The number of β-lactam (4-membered cyclic amide) rings is 1. The number of nitro benzene ring substituents is 1. The first-order valence-corrected chi connectivity index (χ1v) is 11.3. The van der Waals surface area contributed by atoms with Gasteiger partial charge in [0, 0.05) is 18.6 Å². The van der Waals surface area contributed by atoms with Gasteiger partial charge in [-0.1, -0.05) is 24.3 Å². The predicted octanol–water partition coefficient (Wildman–Crippen LogP) is 2.61. The summed E-state index contributed by atoms with van der Waals surface area (Å²) in [6, 6.07) is 13.0. The second kappa shape index (κ2) is 9.56. The van der Waals surface area contributed by atoms with Gasteiger partial charge in [-0.25, -0.2) is 4.79 Å². The largest absolute Gasteiger partial charge is 0.480 e. The van der Waals surface area contributed by atoms with E-state index in [0.29, 0.717) is 11.3 Å². The average molecular weight is 484 g/mol. The Balaban J connectivity index is 1.54. The molecule has 4 rings (SSSR count). The van der Waals surface area contributed by atoms with Crippen molar-refractivity contribution in [3.05, 3.63) is 81.5 Å². The van der Waals surface area contributed by atoms with Crippen molar-refractivity contribution in [3.8, 4) is 5.75 Å². The van der Waals surface area contributed by atoms with Crippen LogP contribution in [0.5, 0.6) is 5.75 Å². The van der Waals surface area contributed by atoms with Gasteiger partial charge in [0.05, 0.1) is 22.1 Å².